The SMILES string of the molecule is CCC(C)CCCCCCCCCCCCC(=O)O[C@H](COC(=O)CCCCCCCCCCC(C)C)COP(=O)(O)OC[C@@H](O)COP(=O)(O)OC[C@@H](COC(=O)CCCCCCCCC(C)CC)OC(=O)CCCCCCCCCCC(C)C. The van der Waals surface area contributed by atoms with E-state index in [2.05, 4.69) is 55.4 Å². The highest BCUT2D eigenvalue weighted by Gasteiger charge is 2.30. The largest absolute Gasteiger partial charge is 0.472 e. The number of aliphatic hydroxyl groups is 1. The first-order valence-corrected chi connectivity index (χ1v) is 37.8. The van der Waals surface area contributed by atoms with Gasteiger partial charge in [-0.05, 0) is 49.4 Å². The molecule has 4 unspecified atom stereocenters. The Hall–Kier alpha value is -1.94. The summed E-state index contributed by atoms with van der Waals surface area (Å²) in [4.78, 5) is 72.4. The molecule has 510 valence electrons. The van der Waals surface area contributed by atoms with Crippen molar-refractivity contribution in [2.24, 2.45) is 23.7 Å². The van der Waals surface area contributed by atoms with Gasteiger partial charge in [-0.2, -0.15) is 0 Å². The molecular formula is C67H130O17P2. The molecule has 0 aliphatic carbocycles. The lowest BCUT2D eigenvalue weighted by Gasteiger charge is -2.21. The highest BCUT2D eigenvalue weighted by molar-refractivity contribution is 7.47. The van der Waals surface area contributed by atoms with Gasteiger partial charge in [-0.3, -0.25) is 37.3 Å². The summed E-state index contributed by atoms with van der Waals surface area (Å²) in [6.07, 6.45) is 37.6. The summed E-state index contributed by atoms with van der Waals surface area (Å²) in [6.45, 7) is 14.0. The van der Waals surface area contributed by atoms with E-state index in [0.717, 1.165) is 120 Å². The molecule has 3 N–H and O–H groups in total. The molecule has 0 aliphatic rings. The summed E-state index contributed by atoms with van der Waals surface area (Å²) in [6, 6.07) is 0. The fourth-order valence-corrected chi connectivity index (χ4v) is 11.5. The number of carbonyl (C=O) groups is 4. The number of phosphoric ester groups is 2. The Bertz CT molecular complexity index is 1720. The second-order valence-electron chi connectivity index (χ2n) is 25.6. The Balaban J connectivity index is 5.27. The Morgan fingerprint density at radius 2 is 0.558 bits per heavy atom. The molecule has 0 aromatic heterocycles. The van der Waals surface area contributed by atoms with Gasteiger partial charge in [-0.15, -0.1) is 0 Å². The van der Waals surface area contributed by atoms with Crippen molar-refractivity contribution in [3.05, 3.63) is 0 Å². The molecular weight excluding hydrogens is 1140 g/mol. The topological polar surface area (TPSA) is 237 Å². The average Bonchev–Trinajstić information content (AvgIpc) is 3.69. The molecule has 7 atom stereocenters. The summed E-state index contributed by atoms with van der Waals surface area (Å²) in [5.41, 5.74) is 0. The average molecular weight is 1270 g/mol. The van der Waals surface area contributed by atoms with Crippen molar-refractivity contribution in [1.29, 1.82) is 0 Å². The van der Waals surface area contributed by atoms with Crippen molar-refractivity contribution in [2.45, 2.75) is 343 Å². The molecule has 0 aromatic carbocycles. The summed E-state index contributed by atoms with van der Waals surface area (Å²) in [5.74, 6) is 0.842. The zero-order valence-electron chi connectivity index (χ0n) is 55.9. The van der Waals surface area contributed by atoms with Gasteiger partial charge in [0.1, 0.15) is 19.3 Å². The predicted molar refractivity (Wildman–Crippen MR) is 344 cm³/mol. The van der Waals surface area contributed by atoms with E-state index >= 15 is 0 Å². The smallest absolute Gasteiger partial charge is 0.462 e. The third-order valence-corrected chi connectivity index (χ3v) is 17.9. The van der Waals surface area contributed by atoms with Crippen LogP contribution < -0.4 is 0 Å². The molecule has 0 saturated carbocycles. The van der Waals surface area contributed by atoms with Gasteiger partial charge in [-0.1, -0.05) is 274 Å². The number of ether oxygens (including phenoxy) is 4. The van der Waals surface area contributed by atoms with Gasteiger partial charge in [-0.25, -0.2) is 9.13 Å². The third-order valence-electron chi connectivity index (χ3n) is 16.0. The van der Waals surface area contributed by atoms with Gasteiger partial charge in [0.2, 0.25) is 0 Å². The Labute approximate surface area is 524 Å². The van der Waals surface area contributed by atoms with E-state index in [1.807, 2.05) is 0 Å². The van der Waals surface area contributed by atoms with Crippen LogP contribution in [-0.2, 0) is 65.4 Å². The first kappa shape index (κ1) is 84.1. The normalized spacial score (nSPS) is 15.0. The van der Waals surface area contributed by atoms with E-state index in [0.29, 0.717) is 25.7 Å². The van der Waals surface area contributed by atoms with E-state index < -0.39 is 97.5 Å². The molecule has 0 saturated heterocycles. The summed E-state index contributed by atoms with van der Waals surface area (Å²) in [7, 11) is -9.90. The summed E-state index contributed by atoms with van der Waals surface area (Å²) >= 11 is 0. The zero-order chi connectivity index (χ0) is 63.9. The minimum Gasteiger partial charge on any atom is -0.462 e. The van der Waals surface area contributed by atoms with Crippen molar-refractivity contribution in [1.82, 2.24) is 0 Å². The second kappa shape index (κ2) is 57.0. The highest BCUT2D eigenvalue weighted by Crippen LogP contribution is 2.45. The third kappa shape index (κ3) is 58.4. The molecule has 17 nitrogen and oxygen atoms in total. The Morgan fingerprint density at radius 1 is 0.326 bits per heavy atom. The minimum atomic E-state index is -4.95. The van der Waals surface area contributed by atoms with Crippen LogP contribution in [-0.4, -0.2) is 96.7 Å². The van der Waals surface area contributed by atoms with E-state index in [4.69, 9.17) is 37.0 Å². The van der Waals surface area contributed by atoms with Gasteiger partial charge in [0, 0.05) is 25.7 Å². The van der Waals surface area contributed by atoms with Crippen LogP contribution in [0.1, 0.15) is 325 Å². The van der Waals surface area contributed by atoms with Gasteiger partial charge in [0.05, 0.1) is 26.4 Å². The molecule has 86 heavy (non-hydrogen) atoms. The lowest BCUT2D eigenvalue weighted by molar-refractivity contribution is -0.161. The van der Waals surface area contributed by atoms with Crippen LogP contribution in [0.25, 0.3) is 0 Å². The van der Waals surface area contributed by atoms with E-state index in [1.165, 1.54) is 122 Å². The fourth-order valence-electron chi connectivity index (χ4n) is 9.89. The van der Waals surface area contributed by atoms with Gasteiger partial charge >= 0.3 is 39.5 Å². The monoisotopic (exact) mass is 1270 g/mol. The molecule has 19 heteroatoms. The maximum atomic E-state index is 13.0. The first-order chi connectivity index (χ1) is 41.2. The standard InChI is InChI=1S/C67H130O17P2/c1-9-59(7)45-37-29-21-13-11-12-14-23-33-41-49-66(71)83-62(53-77-64(69)47-39-31-22-17-15-19-27-35-43-57(3)4)55-81-85(73,74)79-51-61(68)52-80-86(75,76)82-56-63(54-78-65(70)48-40-32-26-25-30-38-46-60(8)10-2)84-67(72)50-42-34-24-18-16-20-28-36-44-58(5)6/h57-63,68H,9-56H2,1-8H3,(H,73,74)(H,75,76)/t59?,60?,61-,62-,63-/m1/s1. The molecule has 0 rings (SSSR count). The van der Waals surface area contributed by atoms with Crippen LogP contribution in [0.5, 0.6) is 0 Å². The van der Waals surface area contributed by atoms with Crippen LogP contribution in [0, 0.1) is 23.7 Å². The van der Waals surface area contributed by atoms with Gasteiger partial charge in [0.25, 0.3) is 0 Å². The first-order valence-electron chi connectivity index (χ1n) is 34.8. The van der Waals surface area contributed by atoms with Gasteiger partial charge in [0.15, 0.2) is 12.2 Å². The fraction of sp³-hybridized carbons (Fsp3) is 0.940. The van der Waals surface area contributed by atoms with E-state index in [-0.39, 0.29) is 25.7 Å². The molecule has 0 spiro atoms. The number of unbranched alkanes of at least 4 members (excludes halogenated alkanes) is 28. The zero-order valence-corrected chi connectivity index (χ0v) is 57.7. The number of aliphatic hydroxyl groups excluding tert-OH is 1. The van der Waals surface area contributed by atoms with Gasteiger partial charge < -0.3 is 33.8 Å². The van der Waals surface area contributed by atoms with Crippen LogP contribution in [0.15, 0.2) is 0 Å². The summed E-state index contributed by atoms with van der Waals surface area (Å²) in [5, 5.41) is 10.6. The maximum Gasteiger partial charge on any atom is 0.472 e. The highest BCUT2D eigenvalue weighted by atomic mass is 31.2. The molecule has 0 radical (unpaired) electrons. The molecule has 0 heterocycles. The molecule has 0 amide bonds. The lowest BCUT2D eigenvalue weighted by Crippen LogP contribution is -2.30. The number of phosphoric acid groups is 2. The van der Waals surface area contributed by atoms with E-state index in [9.17, 15) is 43.2 Å². The number of rotatable bonds is 64. The Morgan fingerprint density at radius 3 is 0.826 bits per heavy atom. The van der Waals surface area contributed by atoms with E-state index in [1.54, 1.807) is 0 Å². The predicted octanol–water partition coefficient (Wildman–Crippen LogP) is 18.5. The van der Waals surface area contributed by atoms with Crippen molar-refractivity contribution < 1.29 is 80.2 Å². The quantitative estimate of drug-likeness (QED) is 0.0222. The molecule has 0 aromatic rings. The Kier molecular flexibility index (Phi) is 55.7. The number of hydrogen-bond donors (Lipinski definition) is 3. The minimum absolute atomic E-state index is 0.103. The molecule has 0 bridgehead atoms. The van der Waals surface area contributed by atoms with Crippen LogP contribution >= 0.6 is 15.6 Å². The number of carbonyl (C=O) groups excluding carboxylic acids is 4. The van der Waals surface area contributed by atoms with Crippen molar-refractivity contribution in [2.75, 3.05) is 39.6 Å². The van der Waals surface area contributed by atoms with Crippen LogP contribution in [0.3, 0.4) is 0 Å². The second-order valence-corrected chi connectivity index (χ2v) is 28.6. The number of hydrogen-bond acceptors (Lipinski definition) is 15. The molecule has 0 aliphatic heterocycles. The van der Waals surface area contributed by atoms with Crippen molar-refractivity contribution in [3.63, 3.8) is 0 Å². The van der Waals surface area contributed by atoms with Crippen LogP contribution in [0.4, 0.5) is 0 Å². The lowest BCUT2D eigenvalue weighted by atomic mass is 9.99. The number of esters is 4. The maximum absolute atomic E-state index is 13.0. The van der Waals surface area contributed by atoms with Crippen LogP contribution in [0.2, 0.25) is 0 Å². The molecule has 0 fully saturated rings. The summed E-state index contributed by atoms with van der Waals surface area (Å²) < 4.78 is 68.1. The van der Waals surface area contributed by atoms with Crippen molar-refractivity contribution in [3.8, 4) is 0 Å². The van der Waals surface area contributed by atoms with Crippen molar-refractivity contribution >= 4 is 39.5 Å².